The summed E-state index contributed by atoms with van der Waals surface area (Å²) in [6.07, 6.45) is 0. The lowest BCUT2D eigenvalue weighted by atomic mass is 10.2. The summed E-state index contributed by atoms with van der Waals surface area (Å²) in [5.41, 5.74) is 0.841. The molecule has 0 radical (unpaired) electrons. The first-order valence-electron chi connectivity index (χ1n) is 8.98. The van der Waals surface area contributed by atoms with E-state index in [1.165, 1.54) is 34.4 Å². The molecule has 150 valence electrons. The van der Waals surface area contributed by atoms with Gasteiger partial charge in [-0.25, -0.2) is 4.98 Å². The summed E-state index contributed by atoms with van der Waals surface area (Å²) in [6, 6.07) is 9.40. The lowest BCUT2D eigenvalue weighted by Crippen LogP contribution is -3.06. The molecule has 1 N–H and O–H groups in total. The number of nitrogens with zero attached hydrogens (tertiary/aromatic N) is 3. The van der Waals surface area contributed by atoms with Crippen LogP contribution in [-0.4, -0.2) is 49.8 Å². The van der Waals surface area contributed by atoms with Crippen LogP contribution in [0.25, 0.3) is 10.2 Å². The molecular formula is C19H19N4O5S+. The summed E-state index contributed by atoms with van der Waals surface area (Å²) in [5, 5.41) is 11.6. The van der Waals surface area contributed by atoms with Gasteiger partial charge in [0.25, 0.3) is 11.6 Å². The summed E-state index contributed by atoms with van der Waals surface area (Å²) in [4.78, 5) is 31.2. The number of nitro benzene ring substituents is 1. The number of amides is 1. The number of carbonyl (C=O) groups excluding carboxylic acids is 1. The van der Waals surface area contributed by atoms with Gasteiger partial charge in [0.15, 0.2) is 16.6 Å². The van der Waals surface area contributed by atoms with E-state index < -0.39 is 4.92 Å². The molecular weight excluding hydrogens is 396 g/mol. The van der Waals surface area contributed by atoms with E-state index in [4.69, 9.17) is 9.47 Å². The zero-order valence-electron chi connectivity index (χ0n) is 15.9. The number of ether oxygens (including phenoxy) is 2. The minimum atomic E-state index is -0.510. The number of hydrogen-bond donors (Lipinski definition) is 1. The predicted molar refractivity (Wildman–Crippen MR) is 108 cm³/mol. The van der Waals surface area contributed by atoms with Crippen molar-refractivity contribution in [3.05, 3.63) is 52.1 Å². The van der Waals surface area contributed by atoms with Crippen LogP contribution in [0.1, 0.15) is 10.4 Å². The van der Waals surface area contributed by atoms with Crippen molar-refractivity contribution in [2.45, 2.75) is 0 Å². The minimum Gasteiger partial charge on any atom is -0.454 e. The molecule has 10 heteroatoms. The molecule has 1 aliphatic heterocycles. The van der Waals surface area contributed by atoms with Gasteiger partial charge in [0.05, 0.1) is 42.3 Å². The zero-order chi connectivity index (χ0) is 20.5. The molecule has 0 fully saturated rings. The number of hydrogen-bond acceptors (Lipinski definition) is 7. The number of rotatable bonds is 6. The standard InChI is InChI=1S/C19H18N4O5S/c1-21(2)6-7-22(18(24)12-4-3-5-13(8-12)23(25)26)19-20-14-9-15-16(28-11-27-15)10-17(14)29-19/h3-5,8-10H,6-7,11H2,1-2H3/p+1. The third kappa shape index (κ3) is 3.84. The van der Waals surface area contributed by atoms with E-state index >= 15 is 0 Å². The van der Waals surface area contributed by atoms with Crippen molar-refractivity contribution < 1.29 is 24.1 Å². The molecule has 9 nitrogen and oxygen atoms in total. The number of aromatic nitrogens is 1. The summed E-state index contributed by atoms with van der Waals surface area (Å²) < 4.78 is 11.7. The Morgan fingerprint density at radius 1 is 1.28 bits per heavy atom. The van der Waals surface area contributed by atoms with E-state index in [0.717, 1.165) is 4.70 Å². The number of benzene rings is 2. The van der Waals surface area contributed by atoms with E-state index in [1.54, 1.807) is 17.0 Å². The fourth-order valence-electron chi connectivity index (χ4n) is 2.95. The van der Waals surface area contributed by atoms with Crippen molar-refractivity contribution in [2.24, 2.45) is 0 Å². The number of anilines is 1. The average Bonchev–Trinajstić information content (AvgIpc) is 3.31. The van der Waals surface area contributed by atoms with Gasteiger partial charge < -0.3 is 14.4 Å². The summed E-state index contributed by atoms with van der Waals surface area (Å²) in [5.74, 6) is 0.958. The molecule has 0 aliphatic carbocycles. The Kier molecular flexibility index (Phi) is 5.03. The first-order valence-corrected chi connectivity index (χ1v) is 9.79. The lowest BCUT2D eigenvalue weighted by Gasteiger charge is -2.20. The van der Waals surface area contributed by atoms with Crippen molar-refractivity contribution in [3.63, 3.8) is 0 Å². The Balaban J connectivity index is 1.71. The van der Waals surface area contributed by atoms with Crippen LogP contribution < -0.4 is 19.3 Å². The molecule has 29 heavy (non-hydrogen) atoms. The maximum atomic E-state index is 13.2. The third-order valence-corrected chi connectivity index (χ3v) is 5.53. The molecule has 0 unspecified atom stereocenters. The quantitative estimate of drug-likeness (QED) is 0.486. The average molecular weight is 415 g/mol. The summed E-state index contributed by atoms with van der Waals surface area (Å²) in [7, 11) is 3.99. The van der Waals surface area contributed by atoms with Crippen LogP contribution in [0.3, 0.4) is 0 Å². The molecule has 2 heterocycles. The number of fused-ring (bicyclic) bond motifs is 2. The molecule has 1 aromatic heterocycles. The number of non-ortho nitro benzene ring substituents is 1. The number of nitro groups is 1. The van der Waals surface area contributed by atoms with E-state index in [2.05, 4.69) is 4.98 Å². The molecule has 0 bridgehead atoms. The van der Waals surface area contributed by atoms with E-state index in [-0.39, 0.29) is 24.0 Å². The van der Waals surface area contributed by atoms with Crippen LogP contribution >= 0.6 is 11.3 Å². The Morgan fingerprint density at radius 2 is 2.03 bits per heavy atom. The normalized spacial score (nSPS) is 12.5. The smallest absolute Gasteiger partial charge is 0.270 e. The molecule has 1 amide bonds. The lowest BCUT2D eigenvalue weighted by molar-refractivity contribution is -0.856. The molecule has 0 saturated heterocycles. The van der Waals surface area contributed by atoms with E-state index in [0.29, 0.717) is 35.2 Å². The maximum absolute atomic E-state index is 13.2. The van der Waals surface area contributed by atoms with Gasteiger partial charge in [-0.15, -0.1) is 0 Å². The molecule has 1 aliphatic rings. The number of thiazole rings is 1. The second-order valence-electron chi connectivity index (χ2n) is 6.89. The van der Waals surface area contributed by atoms with Gasteiger partial charge in [-0.05, 0) is 6.07 Å². The molecule has 3 aromatic rings. The van der Waals surface area contributed by atoms with Crippen LogP contribution in [0.2, 0.25) is 0 Å². The Hall–Kier alpha value is -3.24. The van der Waals surface area contributed by atoms with Crippen molar-refractivity contribution in [1.29, 1.82) is 0 Å². The van der Waals surface area contributed by atoms with Crippen molar-refractivity contribution in [2.75, 3.05) is 38.9 Å². The van der Waals surface area contributed by atoms with Gasteiger partial charge in [0.2, 0.25) is 6.79 Å². The SMILES string of the molecule is C[NH+](C)CCN(C(=O)c1cccc([N+](=O)[O-])c1)c1nc2cc3c(cc2s1)OCO3. The zero-order valence-corrected chi connectivity index (χ0v) is 16.7. The highest BCUT2D eigenvalue weighted by Crippen LogP contribution is 2.40. The van der Waals surface area contributed by atoms with Crippen LogP contribution in [0.15, 0.2) is 36.4 Å². The van der Waals surface area contributed by atoms with Gasteiger partial charge in [-0.3, -0.25) is 19.8 Å². The monoisotopic (exact) mass is 415 g/mol. The van der Waals surface area contributed by atoms with Gasteiger partial charge in [0, 0.05) is 29.8 Å². The largest absolute Gasteiger partial charge is 0.454 e. The van der Waals surface area contributed by atoms with Crippen molar-refractivity contribution in [1.82, 2.24) is 4.98 Å². The highest BCUT2D eigenvalue weighted by molar-refractivity contribution is 7.22. The molecule has 0 spiro atoms. The topological polar surface area (TPSA) is 99.2 Å². The van der Waals surface area contributed by atoms with Gasteiger partial charge >= 0.3 is 0 Å². The first-order chi connectivity index (χ1) is 13.9. The highest BCUT2D eigenvalue weighted by Gasteiger charge is 2.25. The van der Waals surface area contributed by atoms with Crippen molar-refractivity contribution >= 4 is 38.3 Å². The van der Waals surface area contributed by atoms with Crippen LogP contribution in [-0.2, 0) is 0 Å². The predicted octanol–water partition coefficient (Wildman–Crippen LogP) is 1.72. The molecule has 0 saturated carbocycles. The number of likely N-dealkylation sites (N-methyl/N-ethyl adjacent to an activating group) is 1. The Bertz CT molecular complexity index is 1060. The number of quaternary nitrogens is 1. The van der Waals surface area contributed by atoms with Gasteiger partial charge in [0.1, 0.15) is 0 Å². The molecule has 0 atom stereocenters. The Morgan fingerprint density at radius 3 is 2.76 bits per heavy atom. The fourth-order valence-corrected chi connectivity index (χ4v) is 3.95. The van der Waals surface area contributed by atoms with Gasteiger partial charge in [-0.2, -0.15) is 0 Å². The first kappa shape index (κ1) is 19.1. The number of carbonyl (C=O) groups is 1. The van der Waals surface area contributed by atoms with Crippen LogP contribution in [0.5, 0.6) is 11.5 Å². The van der Waals surface area contributed by atoms with Gasteiger partial charge in [-0.1, -0.05) is 17.4 Å². The maximum Gasteiger partial charge on any atom is 0.270 e. The second kappa shape index (κ2) is 7.64. The number of nitrogens with one attached hydrogen (secondary N) is 1. The molecule has 4 rings (SSSR count). The third-order valence-electron chi connectivity index (χ3n) is 4.49. The van der Waals surface area contributed by atoms with Crippen LogP contribution in [0.4, 0.5) is 10.8 Å². The highest BCUT2D eigenvalue weighted by atomic mass is 32.1. The summed E-state index contributed by atoms with van der Waals surface area (Å²) in [6.45, 7) is 1.30. The minimum absolute atomic E-state index is 0.121. The molecule has 2 aromatic carbocycles. The summed E-state index contributed by atoms with van der Waals surface area (Å²) >= 11 is 1.37. The Labute approximate surface area is 170 Å². The van der Waals surface area contributed by atoms with E-state index in [1.807, 2.05) is 20.2 Å². The second-order valence-corrected chi connectivity index (χ2v) is 7.90. The fraction of sp³-hybridized carbons (Fsp3) is 0.263. The van der Waals surface area contributed by atoms with E-state index in [9.17, 15) is 14.9 Å². The van der Waals surface area contributed by atoms with Crippen molar-refractivity contribution in [3.8, 4) is 11.5 Å². The van der Waals surface area contributed by atoms with Crippen LogP contribution in [0, 0.1) is 10.1 Å².